The number of likely N-dealkylation sites (tertiary alicyclic amines) is 1. The van der Waals surface area contributed by atoms with Crippen molar-refractivity contribution in [3.05, 3.63) is 47.5 Å². The predicted molar refractivity (Wildman–Crippen MR) is 117 cm³/mol. The number of anilines is 2. The molecule has 196 valence electrons. The van der Waals surface area contributed by atoms with Crippen LogP contribution >= 0.6 is 0 Å². The standard InChI is InChI=1S/C24H24F6N2O4/c1-22(2,3)36-21(34)31-9-8-18(33)17(12-31)32-15-6-4-13(23(25,26)27)10-19(15)35-20-11-14(24(28,29)30)5-7-16(20)32/h4-7,10-11,17-18,33H,8-9,12H2,1-3H3/t17?,18-/m0/s1. The molecule has 12 heteroatoms. The van der Waals surface area contributed by atoms with Crippen molar-refractivity contribution < 1.29 is 45.7 Å². The molecule has 2 heterocycles. The molecule has 1 amide bonds. The lowest BCUT2D eigenvalue weighted by Crippen LogP contribution is -2.56. The Bertz CT molecular complexity index is 1100. The Kier molecular flexibility index (Phi) is 6.30. The number of amides is 1. The maximum Gasteiger partial charge on any atom is 0.416 e. The van der Waals surface area contributed by atoms with Crippen molar-refractivity contribution in [3.63, 3.8) is 0 Å². The lowest BCUT2D eigenvalue weighted by Gasteiger charge is -2.45. The Morgan fingerprint density at radius 3 is 1.89 bits per heavy atom. The number of piperidine rings is 1. The summed E-state index contributed by atoms with van der Waals surface area (Å²) in [7, 11) is 0. The summed E-state index contributed by atoms with van der Waals surface area (Å²) in [5, 5.41) is 10.9. The Hall–Kier alpha value is -3.15. The monoisotopic (exact) mass is 518 g/mol. The maximum atomic E-state index is 13.3. The molecular weight excluding hydrogens is 494 g/mol. The molecule has 4 rings (SSSR count). The van der Waals surface area contributed by atoms with Crippen LogP contribution < -0.4 is 9.64 Å². The molecule has 2 aliphatic heterocycles. The third-order valence-corrected chi connectivity index (χ3v) is 5.84. The molecule has 1 fully saturated rings. The molecule has 36 heavy (non-hydrogen) atoms. The Morgan fingerprint density at radius 2 is 1.44 bits per heavy atom. The summed E-state index contributed by atoms with van der Waals surface area (Å²) in [5.41, 5.74) is -2.65. The topological polar surface area (TPSA) is 62.2 Å². The third-order valence-electron chi connectivity index (χ3n) is 5.84. The van der Waals surface area contributed by atoms with Crippen LogP contribution in [0.3, 0.4) is 0 Å². The number of nitrogens with zero attached hydrogens (tertiary/aromatic N) is 2. The summed E-state index contributed by atoms with van der Waals surface area (Å²) >= 11 is 0. The summed E-state index contributed by atoms with van der Waals surface area (Å²) in [6.45, 7) is 5.14. The quantitative estimate of drug-likeness (QED) is 0.447. The second-order valence-corrected chi connectivity index (χ2v) is 9.68. The second kappa shape index (κ2) is 8.75. The van der Waals surface area contributed by atoms with E-state index in [1.165, 1.54) is 9.80 Å². The van der Waals surface area contributed by atoms with Crippen LogP contribution in [0, 0.1) is 0 Å². The van der Waals surface area contributed by atoms with Gasteiger partial charge in [-0.15, -0.1) is 0 Å². The van der Waals surface area contributed by atoms with Crippen molar-refractivity contribution in [1.29, 1.82) is 0 Å². The number of hydrogen-bond donors (Lipinski definition) is 1. The Morgan fingerprint density at radius 1 is 0.944 bits per heavy atom. The molecule has 2 aromatic carbocycles. The van der Waals surface area contributed by atoms with Crippen LogP contribution in [0.15, 0.2) is 36.4 Å². The Balaban J connectivity index is 1.79. The summed E-state index contributed by atoms with van der Waals surface area (Å²) in [6.07, 6.45) is -11.0. The van der Waals surface area contributed by atoms with Crippen molar-refractivity contribution in [2.24, 2.45) is 0 Å². The highest BCUT2D eigenvalue weighted by Gasteiger charge is 2.42. The maximum absolute atomic E-state index is 13.3. The molecule has 0 aromatic heterocycles. The molecule has 2 aromatic rings. The van der Waals surface area contributed by atoms with Crippen LogP contribution in [0.2, 0.25) is 0 Å². The number of alkyl halides is 6. The van der Waals surface area contributed by atoms with E-state index in [9.17, 15) is 36.2 Å². The highest BCUT2D eigenvalue weighted by Crippen LogP contribution is 2.51. The van der Waals surface area contributed by atoms with Gasteiger partial charge >= 0.3 is 18.4 Å². The summed E-state index contributed by atoms with van der Waals surface area (Å²) in [6, 6.07) is 4.42. The van der Waals surface area contributed by atoms with Gasteiger partial charge in [0.1, 0.15) is 5.60 Å². The van der Waals surface area contributed by atoms with E-state index >= 15 is 0 Å². The number of hydrogen-bond acceptors (Lipinski definition) is 5. The van der Waals surface area contributed by atoms with Crippen molar-refractivity contribution in [1.82, 2.24) is 4.90 Å². The van der Waals surface area contributed by atoms with Gasteiger partial charge in [0.25, 0.3) is 0 Å². The smallest absolute Gasteiger partial charge is 0.416 e. The molecule has 0 spiro atoms. The van der Waals surface area contributed by atoms with Crippen LogP contribution in [0.5, 0.6) is 11.5 Å². The van der Waals surface area contributed by atoms with E-state index in [0.29, 0.717) is 12.1 Å². The first-order valence-electron chi connectivity index (χ1n) is 11.1. The van der Waals surface area contributed by atoms with Crippen LogP contribution in [-0.2, 0) is 17.1 Å². The Labute approximate surface area is 203 Å². The van der Waals surface area contributed by atoms with Crippen molar-refractivity contribution in [3.8, 4) is 11.5 Å². The first kappa shape index (κ1) is 25.9. The first-order valence-corrected chi connectivity index (χ1v) is 11.1. The van der Waals surface area contributed by atoms with Gasteiger partial charge < -0.3 is 24.4 Å². The number of fused-ring (bicyclic) bond motifs is 2. The SMILES string of the molecule is CC(C)(C)OC(=O)N1CC[C@H](O)C(N2c3ccc(C(F)(F)F)cc3Oc3cc(C(F)(F)F)ccc32)C1. The normalized spacial score (nSPS) is 20.4. The molecule has 0 bridgehead atoms. The van der Waals surface area contributed by atoms with Crippen LogP contribution in [-0.4, -0.2) is 46.9 Å². The van der Waals surface area contributed by atoms with Crippen LogP contribution in [0.4, 0.5) is 42.5 Å². The van der Waals surface area contributed by atoms with Gasteiger partial charge in [-0.25, -0.2) is 4.79 Å². The molecule has 1 saturated heterocycles. The van der Waals surface area contributed by atoms with Gasteiger partial charge in [0, 0.05) is 13.1 Å². The molecule has 0 aliphatic carbocycles. The highest BCUT2D eigenvalue weighted by molar-refractivity contribution is 5.80. The number of carbonyl (C=O) groups excluding carboxylic acids is 1. The number of halogens is 6. The fraction of sp³-hybridized carbons (Fsp3) is 0.458. The van der Waals surface area contributed by atoms with E-state index in [-0.39, 0.29) is 42.4 Å². The second-order valence-electron chi connectivity index (χ2n) is 9.68. The lowest BCUT2D eigenvalue weighted by atomic mass is 9.97. The van der Waals surface area contributed by atoms with Gasteiger partial charge in [-0.3, -0.25) is 0 Å². The van der Waals surface area contributed by atoms with Gasteiger partial charge in [0.2, 0.25) is 0 Å². The van der Waals surface area contributed by atoms with Gasteiger partial charge in [-0.1, -0.05) is 0 Å². The lowest BCUT2D eigenvalue weighted by molar-refractivity contribution is -0.138. The molecule has 2 atom stereocenters. The minimum atomic E-state index is -4.71. The minimum absolute atomic E-state index is 0.0863. The zero-order chi connectivity index (χ0) is 26.6. The van der Waals surface area contributed by atoms with Gasteiger partial charge in [0.15, 0.2) is 11.5 Å². The molecule has 0 saturated carbocycles. The van der Waals surface area contributed by atoms with E-state index in [1.807, 2.05) is 0 Å². The molecule has 6 nitrogen and oxygen atoms in total. The predicted octanol–water partition coefficient (Wildman–Crippen LogP) is 6.34. The van der Waals surface area contributed by atoms with Crippen LogP contribution in [0.1, 0.15) is 38.3 Å². The highest BCUT2D eigenvalue weighted by atomic mass is 19.4. The molecular formula is C24H24F6N2O4. The first-order chi connectivity index (χ1) is 16.5. The third kappa shape index (κ3) is 5.18. The number of aliphatic hydroxyl groups excluding tert-OH is 1. The summed E-state index contributed by atoms with van der Waals surface area (Å²) in [4.78, 5) is 15.5. The van der Waals surface area contributed by atoms with Crippen LogP contribution in [0.25, 0.3) is 0 Å². The number of benzene rings is 2. The van der Waals surface area contributed by atoms with Crippen molar-refractivity contribution in [2.75, 3.05) is 18.0 Å². The number of ether oxygens (including phenoxy) is 2. The summed E-state index contributed by atoms with van der Waals surface area (Å²) < 4.78 is 91.0. The number of rotatable bonds is 1. The summed E-state index contributed by atoms with van der Waals surface area (Å²) in [5.74, 6) is -0.642. The average Bonchev–Trinajstić information content (AvgIpc) is 2.74. The molecule has 1 N–H and O–H groups in total. The van der Waals surface area contributed by atoms with E-state index in [1.54, 1.807) is 20.8 Å². The van der Waals surface area contributed by atoms with E-state index in [2.05, 4.69) is 0 Å². The molecule has 0 radical (unpaired) electrons. The van der Waals surface area contributed by atoms with Gasteiger partial charge in [-0.2, -0.15) is 26.3 Å². The van der Waals surface area contributed by atoms with Gasteiger partial charge in [0.05, 0.1) is 34.6 Å². The van der Waals surface area contributed by atoms with E-state index in [0.717, 1.165) is 24.3 Å². The van der Waals surface area contributed by atoms with Crippen molar-refractivity contribution >= 4 is 17.5 Å². The fourth-order valence-corrected chi connectivity index (χ4v) is 4.21. The zero-order valence-electron chi connectivity index (χ0n) is 19.6. The number of carbonyl (C=O) groups is 1. The van der Waals surface area contributed by atoms with E-state index in [4.69, 9.17) is 9.47 Å². The molecule has 2 aliphatic rings. The minimum Gasteiger partial charge on any atom is -0.453 e. The zero-order valence-corrected chi connectivity index (χ0v) is 19.6. The largest absolute Gasteiger partial charge is 0.453 e. The average molecular weight is 518 g/mol. The molecule has 1 unspecified atom stereocenters. The fourth-order valence-electron chi connectivity index (χ4n) is 4.21. The van der Waals surface area contributed by atoms with Gasteiger partial charge in [-0.05, 0) is 63.6 Å². The van der Waals surface area contributed by atoms with E-state index < -0.39 is 47.3 Å². The van der Waals surface area contributed by atoms with Crippen molar-refractivity contribution in [2.45, 2.75) is 57.3 Å². The number of aliphatic hydroxyl groups is 1.